The van der Waals surface area contributed by atoms with E-state index in [1.165, 1.54) is 12.8 Å². The molecule has 3 unspecified atom stereocenters. The molecular weight excluding hydrogens is 296 g/mol. The maximum Gasteiger partial charge on any atom is 0.407 e. The first-order valence-electron chi connectivity index (χ1n) is 8.59. The zero-order valence-corrected chi connectivity index (χ0v) is 14.7. The molecule has 2 fully saturated rings. The summed E-state index contributed by atoms with van der Waals surface area (Å²) in [6.45, 7) is 9.29. The topological polar surface area (TPSA) is 78.9 Å². The van der Waals surface area contributed by atoms with Crippen molar-refractivity contribution in [1.29, 1.82) is 0 Å². The third kappa shape index (κ3) is 6.01. The fourth-order valence-electron chi connectivity index (χ4n) is 3.42. The molecule has 0 aromatic rings. The Morgan fingerprint density at radius 1 is 1.30 bits per heavy atom. The lowest BCUT2D eigenvalue weighted by Gasteiger charge is -2.41. The first-order valence-corrected chi connectivity index (χ1v) is 8.59. The minimum Gasteiger partial charge on any atom is -0.481 e. The maximum atomic E-state index is 12.0. The van der Waals surface area contributed by atoms with Crippen LogP contribution in [0.1, 0.15) is 53.4 Å². The molecule has 0 bridgehead atoms. The number of carbonyl (C=O) groups excluding carboxylic acids is 1. The van der Waals surface area contributed by atoms with Crippen molar-refractivity contribution in [3.05, 3.63) is 0 Å². The molecule has 2 N–H and O–H groups in total. The first-order chi connectivity index (χ1) is 10.6. The van der Waals surface area contributed by atoms with Crippen molar-refractivity contribution in [3.8, 4) is 0 Å². The number of amides is 1. The molecule has 0 aromatic heterocycles. The van der Waals surface area contributed by atoms with E-state index in [9.17, 15) is 9.59 Å². The predicted octanol–water partition coefficient (Wildman–Crippen LogP) is 2.47. The van der Waals surface area contributed by atoms with Gasteiger partial charge in [0.2, 0.25) is 0 Å². The number of rotatable bonds is 5. The van der Waals surface area contributed by atoms with Gasteiger partial charge < -0.3 is 15.2 Å². The third-order valence-electron chi connectivity index (χ3n) is 4.63. The molecule has 0 radical (unpaired) electrons. The predicted molar refractivity (Wildman–Crippen MR) is 87.3 cm³/mol. The number of alkyl carbamates (subject to hydrolysis) is 1. The molecule has 0 spiro atoms. The molecule has 1 saturated carbocycles. The van der Waals surface area contributed by atoms with Gasteiger partial charge >= 0.3 is 12.1 Å². The Balaban J connectivity index is 1.96. The first kappa shape index (κ1) is 18.0. The van der Waals surface area contributed by atoms with Crippen LogP contribution in [0.5, 0.6) is 0 Å². The fourth-order valence-corrected chi connectivity index (χ4v) is 3.42. The second-order valence-corrected chi connectivity index (χ2v) is 8.07. The van der Waals surface area contributed by atoms with Crippen LogP contribution >= 0.6 is 0 Å². The highest BCUT2D eigenvalue weighted by Gasteiger charge is 2.37. The normalized spacial score (nSPS) is 27.3. The van der Waals surface area contributed by atoms with Gasteiger partial charge in [0.15, 0.2) is 0 Å². The van der Waals surface area contributed by atoms with Gasteiger partial charge in [-0.2, -0.15) is 0 Å². The zero-order chi connectivity index (χ0) is 17.2. The Kier molecular flexibility index (Phi) is 5.55. The van der Waals surface area contributed by atoms with Gasteiger partial charge in [-0.15, -0.1) is 0 Å². The van der Waals surface area contributed by atoms with E-state index in [1.54, 1.807) is 0 Å². The minimum atomic E-state index is -0.771. The fraction of sp³-hybridized carbons (Fsp3) is 0.882. The molecule has 132 valence electrons. The van der Waals surface area contributed by atoms with Crippen LogP contribution < -0.4 is 5.32 Å². The second kappa shape index (κ2) is 7.07. The van der Waals surface area contributed by atoms with E-state index in [0.29, 0.717) is 12.5 Å². The Hall–Kier alpha value is -1.30. The highest BCUT2D eigenvalue weighted by atomic mass is 16.6. The number of hydrogen-bond donors (Lipinski definition) is 2. The maximum absolute atomic E-state index is 12.0. The van der Waals surface area contributed by atoms with Gasteiger partial charge in [0, 0.05) is 31.6 Å². The van der Waals surface area contributed by atoms with E-state index in [0.717, 1.165) is 19.0 Å². The highest BCUT2D eigenvalue weighted by molar-refractivity contribution is 5.68. The number of piperidine rings is 1. The SMILES string of the molecule is CC(C1CC1)N1CC(CC(=O)O)CC(NC(=O)OC(C)(C)C)C1. The molecule has 6 heteroatoms. The molecule has 6 nitrogen and oxygen atoms in total. The van der Waals surface area contributed by atoms with Gasteiger partial charge in [0.25, 0.3) is 0 Å². The van der Waals surface area contributed by atoms with Crippen molar-refractivity contribution in [2.24, 2.45) is 11.8 Å². The van der Waals surface area contributed by atoms with Crippen molar-refractivity contribution in [3.63, 3.8) is 0 Å². The molecule has 1 amide bonds. The number of aliphatic carboxylic acids is 1. The van der Waals surface area contributed by atoms with Gasteiger partial charge in [0.05, 0.1) is 0 Å². The smallest absolute Gasteiger partial charge is 0.407 e. The van der Waals surface area contributed by atoms with Crippen LogP contribution in [0, 0.1) is 11.8 Å². The van der Waals surface area contributed by atoms with Gasteiger partial charge in [-0.05, 0) is 58.8 Å². The number of nitrogens with zero attached hydrogens (tertiary/aromatic N) is 1. The van der Waals surface area contributed by atoms with Gasteiger partial charge in [0.1, 0.15) is 5.60 Å². The largest absolute Gasteiger partial charge is 0.481 e. The Morgan fingerprint density at radius 3 is 2.48 bits per heavy atom. The lowest BCUT2D eigenvalue weighted by molar-refractivity contribution is -0.138. The molecule has 1 heterocycles. The molecule has 2 aliphatic rings. The van der Waals surface area contributed by atoms with Crippen LogP contribution in [0.15, 0.2) is 0 Å². The average molecular weight is 326 g/mol. The van der Waals surface area contributed by atoms with Crippen LogP contribution in [0.3, 0.4) is 0 Å². The van der Waals surface area contributed by atoms with E-state index in [-0.39, 0.29) is 18.4 Å². The van der Waals surface area contributed by atoms with Gasteiger partial charge in [-0.25, -0.2) is 4.79 Å². The Morgan fingerprint density at radius 2 is 1.96 bits per heavy atom. The van der Waals surface area contributed by atoms with Crippen molar-refractivity contribution >= 4 is 12.1 Å². The summed E-state index contributed by atoms with van der Waals surface area (Å²) in [5, 5.41) is 12.0. The average Bonchev–Trinajstić information content (AvgIpc) is 3.18. The summed E-state index contributed by atoms with van der Waals surface area (Å²) in [6.07, 6.45) is 2.94. The van der Waals surface area contributed by atoms with E-state index < -0.39 is 17.7 Å². The lowest BCUT2D eigenvalue weighted by atomic mass is 9.90. The summed E-state index contributed by atoms with van der Waals surface area (Å²) in [5.74, 6) is 0.0232. The Labute approximate surface area is 138 Å². The van der Waals surface area contributed by atoms with Crippen LogP contribution in [0.4, 0.5) is 4.79 Å². The molecule has 2 rings (SSSR count). The summed E-state index contributed by atoms with van der Waals surface area (Å²) < 4.78 is 5.33. The monoisotopic (exact) mass is 326 g/mol. The number of ether oxygens (including phenoxy) is 1. The number of carbonyl (C=O) groups is 2. The minimum absolute atomic E-state index is 0.0517. The molecule has 1 aliphatic heterocycles. The highest BCUT2D eigenvalue weighted by Crippen LogP contribution is 2.37. The van der Waals surface area contributed by atoms with Crippen LogP contribution in [-0.2, 0) is 9.53 Å². The Bertz CT molecular complexity index is 442. The number of carboxylic acids is 1. The van der Waals surface area contributed by atoms with E-state index in [2.05, 4.69) is 17.1 Å². The zero-order valence-electron chi connectivity index (χ0n) is 14.7. The number of nitrogens with one attached hydrogen (secondary N) is 1. The molecule has 0 aromatic carbocycles. The van der Waals surface area contributed by atoms with Gasteiger partial charge in [-0.3, -0.25) is 9.69 Å². The summed E-state index contributed by atoms with van der Waals surface area (Å²) in [5.41, 5.74) is -0.528. The van der Waals surface area contributed by atoms with Gasteiger partial charge in [-0.1, -0.05) is 0 Å². The van der Waals surface area contributed by atoms with E-state index >= 15 is 0 Å². The molecular formula is C17H30N2O4. The quantitative estimate of drug-likeness (QED) is 0.811. The van der Waals surface area contributed by atoms with Crippen LogP contribution in [-0.4, -0.2) is 52.8 Å². The molecule has 23 heavy (non-hydrogen) atoms. The molecule has 1 aliphatic carbocycles. The van der Waals surface area contributed by atoms with Crippen molar-refractivity contribution in [1.82, 2.24) is 10.2 Å². The van der Waals surface area contributed by atoms with Crippen molar-refractivity contribution in [2.75, 3.05) is 13.1 Å². The summed E-state index contributed by atoms with van der Waals surface area (Å²) in [7, 11) is 0. The summed E-state index contributed by atoms with van der Waals surface area (Å²) in [4.78, 5) is 25.4. The summed E-state index contributed by atoms with van der Waals surface area (Å²) >= 11 is 0. The lowest BCUT2D eigenvalue weighted by Crippen LogP contribution is -2.54. The van der Waals surface area contributed by atoms with Crippen molar-refractivity contribution in [2.45, 2.75) is 71.1 Å². The summed E-state index contributed by atoms with van der Waals surface area (Å²) in [6, 6.07) is 0.402. The van der Waals surface area contributed by atoms with E-state index in [1.807, 2.05) is 20.8 Å². The standard InChI is InChI=1S/C17H30N2O4/c1-11(13-5-6-13)19-9-12(8-15(20)21)7-14(10-19)18-16(22)23-17(2,3)4/h11-14H,5-10H2,1-4H3,(H,18,22)(H,20,21). The van der Waals surface area contributed by atoms with E-state index in [4.69, 9.17) is 9.84 Å². The number of likely N-dealkylation sites (tertiary alicyclic amines) is 1. The molecule has 3 atom stereocenters. The number of carboxylic acid groups (broad SMARTS) is 1. The second-order valence-electron chi connectivity index (χ2n) is 8.07. The number of hydrogen-bond acceptors (Lipinski definition) is 4. The third-order valence-corrected chi connectivity index (χ3v) is 4.63. The van der Waals surface area contributed by atoms with Crippen LogP contribution in [0.2, 0.25) is 0 Å². The van der Waals surface area contributed by atoms with Crippen LogP contribution in [0.25, 0.3) is 0 Å². The van der Waals surface area contributed by atoms with Crippen molar-refractivity contribution < 1.29 is 19.4 Å². The molecule has 1 saturated heterocycles.